The molecule has 0 atom stereocenters. The molecule has 0 aromatic carbocycles. The lowest BCUT2D eigenvalue weighted by atomic mass is 9.91. The van der Waals surface area contributed by atoms with E-state index < -0.39 is 0 Å². The van der Waals surface area contributed by atoms with Crippen LogP contribution in [0.15, 0.2) is 0 Å². The van der Waals surface area contributed by atoms with Crippen molar-refractivity contribution in [2.45, 2.75) is 34.1 Å². The zero-order valence-corrected chi connectivity index (χ0v) is 9.25. The molecule has 0 saturated carbocycles. The van der Waals surface area contributed by atoms with E-state index >= 15 is 0 Å². The summed E-state index contributed by atoms with van der Waals surface area (Å²) in [7, 11) is 0. The molecule has 82 valence electrons. The van der Waals surface area contributed by atoms with Gasteiger partial charge in [0.25, 0.3) is 0 Å². The fourth-order valence-corrected chi connectivity index (χ4v) is 0.840. The Bertz CT molecular complexity index is 208. The molecule has 0 N–H and O–H groups in total. The maximum Gasteiger partial charge on any atom is 0.302 e. The number of esters is 2. The smallest absolute Gasteiger partial charge is 0.302 e. The molecule has 4 heteroatoms. The van der Waals surface area contributed by atoms with Crippen LogP contribution in [0, 0.1) is 5.41 Å². The normalized spacial score (nSPS) is 10.9. The molecule has 0 aliphatic rings. The molecule has 0 bridgehead atoms. The summed E-state index contributed by atoms with van der Waals surface area (Å²) in [6.45, 7) is 7.38. The van der Waals surface area contributed by atoms with Crippen LogP contribution in [0.25, 0.3) is 0 Å². The number of hydrogen-bond acceptors (Lipinski definition) is 4. The van der Waals surface area contributed by atoms with Gasteiger partial charge in [0.05, 0.1) is 13.2 Å². The molecule has 0 unspecified atom stereocenters. The van der Waals surface area contributed by atoms with Gasteiger partial charge in [0.1, 0.15) is 0 Å². The van der Waals surface area contributed by atoms with Crippen molar-refractivity contribution in [1.29, 1.82) is 0 Å². The van der Waals surface area contributed by atoms with Gasteiger partial charge in [0.2, 0.25) is 0 Å². The molecule has 0 heterocycles. The number of hydrogen-bond donors (Lipinski definition) is 0. The largest absolute Gasteiger partial charge is 0.466 e. The lowest BCUT2D eigenvalue weighted by molar-refractivity contribution is -0.146. The third-order valence-electron chi connectivity index (χ3n) is 1.75. The fraction of sp³-hybridized carbons (Fsp3) is 0.800. The number of rotatable bonds is 5. The van der Waals surface area contributed by atoms with Gasteiger partial charge < -0.3 is 9.47 Å². The number of carbonyl (C=O) groups is 2. The van der Waals surface area contributed by atoms with E-state index in [1.54, 1.807) is 0 Å². The van der Waals surface area contributed by atoms with Crippen molar-refractivity contribution in [3.05, 3.63) is 0 Å². The highest BCUT2D eigenvalue weighted by atomic mass is 16.5. The van der Waals surface area contributed by atoms with Crippen LogP contribution in [0.5, 0.6) is 0 Å². The van der Waals surface area contributed by atoms with E-state index in [-0.39, 0.29) is 17.4 Å². The molecule has 0 radical (unpaired) electrons. The van der Waals surface area contributed by atoms with Crippen molar-refractivity contribution in [1.82, 2.24) is 0 Å². The quantitative estimate of drug-likeness (QED) is 0.634. The van der Waals surface area contributed by atoms with Gasteiger partial charge in [-0.25, -0.2) is 0 Å². The van der Waals surface area contributed by atoms with Gasteiger partial charge in [-0.05, 0) is 6.42 Å². The van der Waals surface area contributed by atoms with E-state index in [1.165, 1.54) is 13.8 Å². The first kappa shape index (κ1) is 12.9. The molecule has 0 rings (SSSR count). The van der Waals surface area contributed by atoms with Crippen LogP contribution in [0.3, 0.4) is 0 Å². The van der Waals surface area contributed by atoms with Crippen LogP contribution >= 0.6 is 0 Å². The Labute approximate surface area is 84.6 Å². The predicted molar refractivity (Wildman–Crippen MR) is 51.7 cm³/mol. The Hall–Kier alpha value is -1.06. The highest BCUT2D eigenvalue weighted by Gasteiger charge is 2.19. The summed E-state index contributed by atoms with van der Waals surface area (Å²) >= 11 is 0. The van der Waals surface area contributed by atoms with E-state index in [9.17, 15) is 9.59 Å². The summed E-state index contributed by atoms with van der Waals surface area (Å²) in [5.41, 5.74) is -0.152. The van der Waals surface area contributed by atoms with E-state index in [4.69, 9.17) is 9.47 Å². The molecule has 0 aromatic rings. The minimum Gasteiger partial charge on any atom is -0.466 e. The van der Waals surface area contributed by atoms with Crippen molar-refractivity contribution >= 4 is 11.9 Å². The zero-order chi connectivity index (χ0) is 11.2. The van der Waals surface area contributed by atoms with Crippen LogP contribution in [-0.2, 0) is 19.1 Å². The van der Waals surface area contributed by atoms with E-state index in [1.807, 2.05) is 13.8 Å². The minimum absolute atomic E-state index is 0.152. The Morgan fingerprint density at radius 3 is 2.00 bits per heavy atom. The first-order valence-electron chi connectivity index (χ1n) is 4.60. The first-order valence-corrected chi connectivity index (χ1v) is 4.60. The average Bonchev–Trinajstić information content (AvgIpc) is 2.00. The highest BCUT2D eigenvalue weighted by molar-refractivity contribution is 5.66. The van der Waals surface area contributed by atoms with Gasteiger partial charge in [-0.3, -0.25) is 9.59 Å². The number of carbonyl (C=O) groups excluding carboxylic acids is 2. The van der Waals surface area contributed by atoms with Crippen molar-refractivity contribution < 1.29 is 19.1 Å². The Morgan fingerprint density at radius 2 is 1.57 bits per heavy atom. The van der Waals surface area contributed by atoms with E-state index in [0.717, 1.165) is 0 Å². The SMILES string of the molecule is CC(=O)OCCC(C)(C)COC(C)=O. The van der Waals surface area contributed by atoms with Gasteiger partial charge in [-0.1, -0.05) is 13.8 Å². The topological polar surface area (TPSA) is 52.6 Å². The molecule has 0 amide bonds. The summed E-state index contributed by atoms with van der Waals surface area (Å²) in [5.74, 6) is -0.571. The molecule has 4 nitrogen and oxygen atoms in total. The molecule has 0 spiro atoms. The third-order valence-corrected chi connectivity index (χ3v) is 1.75. The molecular weight excluding hydrogens is 184 g/mol. The van der Waals surface area contributed by atoms with Gasteiger partial charge in [-0.15, -0.1) is 0 Å². The van der Waals surface area contributed by atoms with Crippen LogP contribution in [0.2, 0.25) is 0 Å². The Balaban J connectivity index is 3.71. The van der Waals surface area contributed by atoms with E-state index in [0.29, 0.717) is 19.6 Å². The second kappa shape index (κ2) is 5.62. The van der Waals surface area contributed by atoms with Crippen molar-refractivity contribution in [3.8, 4) is 0 Å². The molecular formula is C10H18O4. The summed E-state index contributed by atoms with van der Waals surface area (Å²) in [6, 6.07) is 0. The maximum absolute atomic E-state index is 10.6. The lowest BCUT2D eigenvalue weighted by Crippen LogP contribution is -2.23. The second-order valence-electron chi connectivity index (χ2n) is 4.03. The van der Waals surface area contributed by atoms with Crippen LogP contribution < -0.4 is 0 Å². The van der Waals surface area contributed by atoms with Crippen LogP contribution in [0.4, 0.5) is 0 Å². The second-order valence-corrected chi connectivity index (χ2v) is 4.03. The molecule has 0 fully saturated rings. The average molecular weight is 202 g/mol. The van der Waals surface area contributed by atoms with Crippen LogP contribution in [-0.4, -0.2) is 25.2 Å². The van der Waals surface area contributed by atoms with Gasteiger partial charge in [0.15, 0.2) is 0 Å². The number of ether oxygens (including phenoxy) is 2. The maximum atomic E-state index is 10.6. The van der Waals surface area contributed by atoms with Gasteiger partial charge in [-0.2, -0.15) is 0 Å². The minimum atomic E-state index is -0.287. The fourth-order valence-electron chi connectivity index (χ4n) is 0.840. The monoisotopic (exact) mass is 202 g/mol. The first-order chi connectivity index (χ1) is 6.33. The van der Waals surface area contributed by atoms with Gasteiger partial charge >= 0.3 is 11.9 Å². The Kier molecular flexibility index (Phi) is 5.20. The predicted octanol–water partition coefficient (Wildman–Crippen LogP) is 1.53. The Morgan fingerprint density at radius 1 is 1.07 bits per heavy atom. The molecule has 0 saturated heterocycles. The summed E-state index contributed by atoms with van der Waals surface area (Å²) in [5, 5.41) is 0. The van der Waals surface area contributed by atoms with E-state index in [2.05, 4.69) is 0 Å². The molecule has 14 heavy (non-hydrogen) atoms. The summed E-state index contributed by atoms with van der Waals surface area (Å²) in [4.78, 5) is 21.1. The summed E-state index contributed by atoms with van der Waals surface area (Å²) < 4.78 is 9.69. The third kappa shape index (κ3) is 7.58. The molecule has 0 aromatic heterocycles. The summed E-state index contributed by atoms with van der Waals surface area (Å²) in [6.07, 6.45) is 0.680. The highest BCUT2D eigenvalue weighted by Crippen LogP contribution is 2.20. The molecule has 0 aliphatic heterocycles. The van der Waals surface area contributed by atoms with Gasteiger partial charge in [0, 0.05) is 19.3 Å². The van der Waals surface area contributed by atoms with Crippen molar-refractivity contribution in [3.63, 3.8) is 0 Å². The van der Waals surface area contributed by atoms with Crippen LogP contribution in [0.1, 0.15) is 34.1 Å². The molecule has 0 aliphatic carbocycles. The zero-order valence-electron chi connectivity index (χ0n) is 9.25. The van der Waals surface area contributed by atoms with Crippen molar-refractivity contribution in [2.75, 3.05) is 13.2 Å². The standard InChI is InChI=1S/C10H18O4/c1-8(11)13-6-5-10(3,4)7-14-9(2)12/h5-7H2,1-4H3. The van der Waals surface area contributed by atoms with Crippen molar-refractivity contribution in [2.24, 2.45) is 5.41 Å². The lowest BCUT2D eigenvalue weighted by Gasteiger charge is -2.23.